The van der Waals surface area contributed by atoms with Crippen molar-refractivity contribution >= 4 is 0 Å². The van der Waals surface area contributed by atoms with E-state index in [-0.39, 0.29) is 0 Å². The van der Waals surface area contributed by atoms with Gasteiger partial charge in [0.2, 0.25) is 0 Å². The molecule has 1 heteroatoms. The van der Waals surface area contributed by atoms with Crippen LogP contribution >= 0.6 is 0 Å². The van der Waals surface area contributed by atoms with Gasteiger partial charge in [-0.15, -0.1) is 0 Å². The molecule has 2 rings (SSSR count). The van der Waals surface area contributed by atoms with E-state index in [1.165, 1.54) is 25.8 Å². The van der Waals surface area contributed by atoms with Gasteiger partial charge in [0.15, 0.2) is 0 Å². The summed E-state index contributed by atoms with van der Waals surface area (Å²) in [6.45, 7) is 6.20. The number of nitrogens with zero attached hydrogens (tertiary/aromatic N) is 1. The predicted molar refractivity (Wildman–Crippen MR) is 47.5 cm³/mol. The predicted octanol–water partition coefficient (Wildman–Crippen LogP) is 2.13. The number of rotatable bonds is 0. The maximum Gasteiger partial charge on any atom is 0.0100 e. The van der Waals surface area contributed by atoms with Gasteiger partial charge < -0.3 is 4.90 Å². The lowest BCUT2D eigenvalue weighted by molar-refractivity contribution is 0.177. The highest BCUT2D eigenvalue weighted by Gasteiger charge is 2.40. The molecule has 2 aliphatic rings. The number of hydrogen-bond donors (Lipinski definition) is 0. The molecule has 2 bridgehead atoms. The average Bonchev–Trinajstić information content (AvgIpc) is 2.05. The second-order valence-corrected chi connectivity index (χ2v) is 5.27. The second-order valence-electron chi connectivity index (χ2n) is 5.27. The fourth-order valence-electron chi connectivity index (χ4n) is 3.09. The van der Waals surface area contributed by atoms with E-state index in [2.05, 4.69) is 25.8 Å². The minimum Gasteiger partial charge on any atom is -0.303 e. The molecule has 0 spiro atoms. The minimum absolute atomic E-state index is 0.623. The second kappa shape index (κ2) is 2.22. The summed E-state index contributed by atoms with van der Waals surface area (Å²) in [4.78, 5) is 2.55. The van der Waals surface area contributed by atoms with Gasteiger partial charge in [-0.05, 0) is 37.6 Å². The third kappa shape index (κ3) is 1.31. The van der Waals surface area contributed by atoms with Gasteiger partial charge in [0.05, 0.1) is 0 Å². The maximum atomic E-state index is 2.55. The Morgan fingerprint density at radius 2 is 2.00 bits per heavy atom. The normalized spacial score (nSPS) is 42.8. The van der Waals surface area contributed by atoms with Gasteiger partial charge in [-0.2, -0.15) is 0 Å². The zero-order valence-electron chi connectivity index (χ0n) is 7.93. The first-order valence-corrected chi connectivity index (χ1v) is 4.77. The molecule has 11 heavy (non-hydrogen) atoms. The van der Waals surface area contributed by atoms with Gasteiger partial charge in [0.1, 0.15) is 0 Å². The Morgan fingerprint density at radius 1 is 1.27 bits per heavy atom. The average molecular weight is 153 g/mol. The monoisotopic (exact) mass is 153 g/mol. The van der Waals surface area contributed by atoms with Crippen LogP contribution in [0, 0.1) is 11.3 Å². The Kier molecular flexibility index (Phi) is 1.54. The van der Waals surface area contributed by atoms with Gasteiger partial charge in [-0.25, -0.2) is 0 Å². The molecule has 0 amide bonds. The summed E-state index contributed by atoms with van der Waals surface area (Å²) in [5, 5.41) is 0. The summed E-state index contributed by atoms with van der Waals surface area (Å²) in [7, 11) is 2.28. The van der Waals surface area contributed by atoms with Gasteiger partial charge >= 0.3 is 0 Å². The number of likely N-dealkylation sites (tertiary alicyclic amines) is 1. The van der Waals surface area contributed by atoms with Crippen molar-refractivity contribution in [2.75, 3.05) is 13.6 Å². The highest BCUT2D eigenvalue weighted by molar-refractivity contribution is 4.94. The van der Waals surface area contributed by atoms with Gasteiger partial charge in [0, 0.05) is 12.6 Å². The zero-order valence-corrected chi connectivity index (χ0v) is 7.93. The molecule has 0 aromatic carbocycles. The van der Waals surface area contributed by atoms with Gasteiger partial charge in [-0.1, -0.05) is 13.8 Å². The Morgan fingerprint density at radius 3 is 2.64 bits per heavy atom. The van der Waals surface area contributed by atoms with Crippen LogP contribution < -0.4 is 0 Å². The van der Waals surface area contributed by atoms with Crippen molar-refractivity contribution in [3.05, 3.63) is 0 Å². The molecule has 1 saturated carbocycles. The molecule has 2 atom stereocenters. The summed E-state index contributed by atoms with van der Waals surface area (Å²) in [5.74, 6) is 1.01. The Hall–Kier alpha value is -0.0400. The molecule has 1 heterocycles. The van der Waals surface area contributed by atoms with E-state index < -0.39 is 0 Å². The molecule has 2 fully saturated rings. The van der Waals surface area contributed by atoms with Crippen LogP contribution in [-0.4, -0.2) is 24.5 Å². The fraction of sp³-hybridized carbons (Fsp3) is 1.00. The lowest BCUT2D eigenvalue weighted by Crippen LogP contribution is -2.30. The van der Waals surface area contributed by atoms with Crippen LogP contribution in [0.3, 0.4) is 0 Å². The molecule has 1 aliphatic heterocycles. The quantitative estimate of drug-likeness (QED) is 0.515. The first-order valence-electron chi connectivity index (χ1n) is 4.77. The molecule has 64 valence electrons. The van der Waals surface area contributed by atoms with E-state index in [1.54, 1.807) is 0 Å². The van der Waals surface area contributed by atoms with Crippen LogP contribution in [0.15, 0.2) is 0 Å². The van der Waals surface area contributed by atoms with Crippen molar-refractivity contribution in [3.63, 3.8) is 0 Å². The summed E-state index contributed by atoms with van der Waals surface area (Å²) < 4.78 is 0. The van der Waals surface area contributed by atoms with E-state index in [0.717, 1.165) is 12.0 Å². The smallest absolute Gasteiger partial charge is 0.0100 e. The van der Waals surface area contributed by atoms with E-state index in [0.29, 0.717) is 5.41 Å². The van der Waals surface area contributed by atoms with Crippen LogP contribution in [0.1, 0.15) is 33.1 Å². The summed E-state index contributed by atoms with van der Waals surface area (Å²) >= 11 is 0. The standard InChI is InChI=1S/C10H19N/c1-10(2)5-8-4-9(6-10)11(3)7-8/h8-9H,4-7H2,1-3H3/t8?,9-/m0/s1. The van der Waals surface area contributed by atoms with Gasteiger partial charge in [-0.3, -0.25) is 0 Å². The number of fused-ring (bicyclic) bond motifs is 2. The van der Waals surface area contributed by atoms with Crippen LogP contribution in [0.5, 0.6) is 0 Å². The molecular weight excluding hydrogens is 134 g/mol. The largest absolute Gasteiger partial charge is 0.303 e. The summed E-state index contributed by atoms with van der Waals surface area (Å²) in [6, 6.07) is 0.906. The molecule has 1 saturated heterocycles. The van der Waals surface area contributed by atoms with Crippen LogP contribution in [0.25, 0.3) is 0 Å². The molecular formula is C10H19N. The van der Waals surface area contributed by atoms with Crippen LogP contribution in [0.2, 0.25) is 0 Å². The SMILES string of the molecule is CN1CC2C[C@H]1CC(C)(C)C2. The molecule has 1 nitrogen and oxygen atoms in total. The topological polar surface area (TPSA) is 3.24 Å². The van der Waals surface area contributed by atoms with Crippen molar-refractivity contribution in [1.82, 2.24) is 4.90 Å². The third-order valence-corrected chi connectivity index (χ3v) is 3.40. The van der Waals surface area contributed by atoms with E-state index in [1.807, 2.05) is 0 Å². The first-order chi connectivity index (χ1) is 5.07. The van der Waals surface area contributed by atoms with Gasteiger partial charge in [0.25, 0.3) is 0 Å². The van der Waals surface area contributed by atoms with E-state index in [9.17, 15) is 0 Å². The minimum atomic E-state index is 0.623. The lowest BCUT2D eigenvalue weighted by Gasteiger charge is -2.34. The number of hydrogen-bond acceptors (Lipinski definition) is 1. The zero-order chi connectivity index (χ0) is 8.06. The van der Waals surface area contributed by atoms with E-state index in [4.69, 9.17) is 0 Å². The highest BCUT2D eigenvalue weighted by Crippen LogP contribution is 2.44. The Balaban J connectivity index is 2.12. The molecule has 0 N–H and O–H groups in total. The van der Waals surface area contributed by atoms with Crippen LogP contribution in [0.4, 0.5) is 0 Å². The molecule has 0 aromatic rings. The van der Waals surface area contributed by atoms with Crippen molar-refractivity contribution in [3.8, 4) is 0 Å². The first kappa shape index (κ1) is 7.60. The summed E-state index contributed by atoms with van der Waals surface area (Å²) in [6.07, 6.45) is 4.34. The van der Waals surface area contributed by atoms with Crippen molar-refractivity contribution in [2.24, 2.45) is 11.3 Å². The third-order valence-electron chi connectivity index (χ3n) is 3.40. The molecule has 0 radical (unpaired) electrons. The van der Waals surface area contributed by atoms with Crippen molar-refractivity contribution < 1.29 is 0 Å². The highest BCUT2D eigenvalue weighted by atomic mass is 15.2. The van der Waals surface area contributed by atoms with Crippen molar-refractivity contribution in [2.45, 2.75) is 39.2 Å². The maximum absolute atomic E-state index is 2.55. The van der Waals surface area contributed by atoms with Crippen molar-refractivity contribution in [1.29, 1.82) is 0 Å². The fourth-order valence-corrected chi connectivity index (χ4v) is 3.09. The molecule has 1 aliphatic carbocycles. The molecule has 0 aromatic heterocycles. The van der Waals surface area contributed by atoms with Crippen LogP contribution in [-0.2, 0) is 0 Å². The Labute approximate surface area is 69.8 Å². The Bertz CT molecular complexity index is 160. The van der Waals surface area contributed by atoms with E-state index >= 15 is 0 Å². The lowest BCUT2D eigenvalue weighted by atomic mass is 9.72. The molecule has 1 unspecified atom stereocenters. The summed E-state index contributed by atoms with van der Waals surface area (Å²) in [5.41, 5.74) is 0.623.